The minimum absolute atomic E-state index is 0.147. The normalized spacial score (nSPS) is 13.3. The van der Waals surface area contributed by atoms with Gasteiger partial charge < -0.3 is 9.80 Å². The van der Waals surface area contributed by atoms with Crippen molar-refractivity contribution < 1.29 is 17.6 Å². The van der Waals surface area contributed by atoms with Crippen LogP contribution in [0, 0.1) is 23.3 Å². The summed E-state index contributed by atoms with van der Waals surface area (Å²) in [5, 5.41) is 4.37. The number of para-hydroxylation sites is 1. The second-order valence-corrected chi connectivity index (χ2v) is 11.0. The molecule has 0 fully saturated rings. The van der Waals surface area contributed by atoms with Crippen molar-refractivity contribution >= 4 is 50.0 Å². The van der Waals surface area contributed by atoms with Crippen molar-refractivity contribution in [3.63, 3.8) is 0 Å². The fraction of sp³-hybridized carbons (Fsp3) is 0.158. The molecule has 0 aromatic heterocycles. The van der Waals surface area contributed by atoms with E-state index >= 15 is 0 Å². The van der Waals surface area contributed by atoms with Gasteiger partial charge in [0.15, 0.2) is 0 Å². The Kier molecular flexibility index (Phi) is 7.00. The molecule has 0 spiro atoms. The molecule has 0 N–H and O–H groups in total. The Morgan fingerprint density at radius 1 is 0.568 bits per heavy atom. The Morgan fingerprint density at radius 3 is 1.89 bits per heavy atom. The molecule has 0 radical (unpaired) electrons. The van der Waals surface area contributed by atoms with Crippen LogP contribution in [0.4, 0.5) is 46.0 Å². The van der Waals surface area contributed by atoms with Gasteiger partial charge in [0.05, 0.1) is 11.4 Å². The first-order valence-corrected chi connectivity index (χ1v) is 15.0. The largest absolute Gasteiger partial charge is 0.340 e. The number of rotatable bonds is 4. The lowest BCUT2D eigenvalue weighted by atomic mass is 9.84. The smallest absolute Gasteiger partial charge is 0.128 e. The summed E-state index contributed by atoms with van der Waals surface area (Å²) in [5.74, 6) is -3.09. The van der Waals surface area contributed by atoms with Crippen LogP contribution in [0.2, 0.25) is 0 Å². The van der Waals surface area contributed by atoms with Crippen LogP contribution < -0.4 is 9.80 Å². The zero-order valence-electron chi connectivity index (χ0n) is 24.5. The molecule has 0 unspecified atom stereocenters. The number of hydrogen-bond donors (Lipinski definition) is 0. The molecule has 6 aromatic rings. The van der Waals surface area contributed by atoms with Gasteiger partial charge in [-0.25, -0.2) is 17.6 Å². The highest BCUT2D eigenvalue weighted by molar-refractivity contribution is 6.17. The van der Waals surface area contributed by atoms with Crippen LogP contribution in [0.15, 0.2) is 97.1 Å². The Labute approximate surface area is 253 Å². The summed E-state index contributed by atoms with van der Waals surface area (Å²) in [6.07, 6.45) is 2.40. The molecule has 220 valence electrons. The molecule has 1 heterocycles. The zero-order chi connectivity index (χ0) is 30.5. The molecule has 0 saturated carbocycles. The molecule has 6 aromatic carbocycles. The Hall–Kier alpha value is -4.84. The van der Waals surface area contributed by atoms with E-state index in [-0.39, 0.29) is 11.4 Å². The van der Waals surface area contributed by atoms with Gasteiger partial charge in [-0.2, -0.15) is 0 Å². The van der Waals surface area contributed by atoms with Gasteiger partial charge in [-0.1, -0.05) is 56.3 Å². The van der Waals surface area contributed by atoms with Gasteiger partial charge in [-0.05, 0) is 94.6 Å². The Morgan fingerprint density at radius 2 is 1.20 bits per heavy atom. The van der Waals surface area contributed by atoms with E-state index < -0.39 is 23.3 Å². The average Bonchev–Trinajstić information content (AvgIpc) is 3.44. The van der Waals surface area contributed by atoms with Crippen molar-refractivity contribution in [2.45, 2.75) is 33.1 Å². The molecule has 0 bridgehead atoms. The second-order valence-electron chi connectivity index (χ2n) is 11.0. The van der Waals surface area contributed by atoms with Crippen LogP contribution in [-0.4, -0.2) is 6.54 Å². The zero-order valence-corrected chi connectivity index (χ0v) is 24.5. The molecule has 0 saturated heterocycles. The van der Waals surface area contributed by atoms with Gasteiger partial charge in [-0.3, -0.25) is 0 Å². The molecular weight excluding hydrogens is 560 g/mol. The summed E-state index contributed by atoms with van der Waals surface area (Å²) in [7, 11) is 0. The van der Waals surface area contributed by atoms with Crippen molar-refractivity contribution in [3.05, 3.63) is 137 Å². The Balaban J connectivity index is 0.00000153. The second kappa shape index (κ2) is 11.0. The summed E-state index contributed by atoms with van der Waals surface area (Å²) < 4.78 is 58.0. The number of halogens is 4. The van der Waals surface area contributed by atoms with Gasteiger partial charge in [0.25, 0.3) is 0 Å². The minimum Gasteiger partial charge on any atom is -0.340 e. The third kappa shape index (κ3) is 4.57. The molecule has 1 aliphatic carbocycles. The lowest BCUT2D eigenvalue weighted by molar-refractivity contribution is 0.582. The van der Waals surface area contributed by atoms with Crippen molar-refractivity contribution in [1.82, 2.24) is 0 Å². The Bertz CT molecular complexity index is 1980. The summed E-state index contributed by atoms with van der Waals surface area (Å²) in [6, 6.07) is 27.3. The van der Waals surface area contributed by atoms with Crippen molar-refractivity contribution in [2.75, 3.05) is 16.3 Å². The average molecular weight is 591 g/mol. The lowest BCUT2D eigenvalue weighted by Crippen LogP contribution is -2.16. The number of nitrogens with zero attached hydrogens (tertiary/aromatic N) is 2. The molecule has 44 heavy (non-hydrogen) atoms. The first kappa shape index (κ1) is 28.0. The third-order valence-corrected chi connectivity index (χ3v) is 8.58. The number of fused-ring (bicyclic) bond motifs is 1. The summed E-state index contributed by atoms with van der Waals surface area (Å²) in [6.45, 7) is 4.89. The van der Waals surface area contributed by atoms with E-state index in [0.717, 1.165) is 64.3 Å². The standard InChI is InChI=1S/C36H24F4N2.C2H6/c37-24-15-25(38)18-28(17-24)42(29-19-26(39)16-27(40)20-29)34-12-8-23-5-9-30-33(41-14-13-21-3-1-2-4-32(21)41)11-7-22-6-10-31(34)36(23)35(22)30;1-2/h1-5,7-9,11-12,15-20H,6,10,13-14H2;1-2H3. The first-order chi connectivity index (χ1) is 21.4. The SMILES string of the molecule is CC.Fc1cc(F)cc(N(c2cc(F)cc(F)c2)c2ccc3ccc4c(N5CCc6ccccc65)ccc5c4c3c2CC5)c1. The van der Waals surface area contributed by atoms with Gasteiger partial charge in [0.1, 0.15) is 23.3 Å². The highest BCUT2D eigenvalue weighted by Gasteiger charge is 2.27. The van der Waals surface area contributed by atoms with E-state index in [9.17, 15) is 17.6 Å². The van der Waals surface area contributed by atoms with Crippen LogP contribution in [0.3, 0.4) is 0 Å². The summed E-state index contributed by atoms with van der Waals surface area (Å²) >= 11 is 0. The maximum Gasteiger partial charge on any atom is 0.128 e. The molecule has 6 heteroatoms. The van der Waals surface area contributed by atoms with Crippen LogP contribution in [0.25, 0.3) is 21.5 Å². The van der Waals surface area contributed by atoms with E-state index in [1.54, 1.807) is 4.90 Å². The molecule has 2 nitrogen and oxygen atoms in total. The third-order valence-electron chi connectivity index (χ3n) is 8.58. The molecular formula is C38H30F4N2. The van der Waals surface area contributed by atoms with E-state index in [1.165, 1.54) is 41.1 Å². The topological polar surface area (TPSA) is 6.48 Å². The summed E-state index contributed by atoms with van der Waals surface area (Å²) in [5.41, 5.74) is 6.80. The monoisotopic (exact) mass is 590 g/mol. The maximum atomic E-state index is 14.5. The van der Waals surface area contributed by atoms with Gasteiger partial charge >= 0.3 is 0 Å². The number of anilines is 5. The number of benzene rings is 6. The van der Waals surface area contributed by atoms with E-state index in [4.69, 9.17) is 0 Å². The predicted octanol–water partition coefficient (Wildman–Crippen LogP) is 10.8. The van der Waals surface area contributed by atoms with Crippen LogP contribution in [0.1, 0.15) is 30.5 Å². The molecule has 2 aliphatic rings. The molecule has 0 amide bonds. The first-order valence-electron chi connectivity index (χ1n) is 15.0. The van der Waals surface area contributed by atoms with E-state index in [2.05, 4.69) is 53.4 Å². The van der Waals surface area contributed by atoms with Crippen LogP contribution >= 0.6 is 0 Å². The van der Waals surface area contributed by atoms with Crippen molar-refractivity contribution in [2.24, 2.45) is 0 Å². The molecule has 1 aliphatic heterocycles. The van der Waals surface area contributed by atoms with E-state index in [0.29, 0.717) is 12.1 Å². The predicted molar refractivity (Wildman–Crippen MR) is 172 cm³/mol. The van der Waals surface area contributed by atoms with Crippen molar-refractivity contribution in [3.8, 4) is 0 Å². The fourth-order valence-electron chi connectivity index (χ4n) is 6.90. The van der Waals surface area contributed by atoms with Gasteiger partial charge in [0.2, 0.25) is 0 Å². The lowest BCUT2D eigenvalue weighted by Gasteiger charge is -2.31. The highest BCUT2D eigenvalue weighted by atomic mass is 19.1. The van der Waals surface area contributed by atoms with Crippen LogP contribution in [0.5, 0.6) is 0 Å². The van der Waals surface area contributed by atoms with Crippen LogP contribution in [-0.2, 0) is 19.3 Å². The number of aryl methyl sites for hydroxylation is 2. The molecule has 0 atom stereocenters. The summed E-state index contributed by atoms with van der Waals surface area (Å²) in [4.78, 5) is 3.92. The fourth-order valence-corrected chi connectivity index (χ4v) is 6.90. The van der Waals surface area contributed by atoms with Gasteiger partial charge in [0, 0.05) is 41.1 Å². The van der Waals surface area contributed by atoms with Crippen molar-refractivity contribution in [1.29, 1.82) is 0 Å². The maximum absolute atomic E-state index is 14.5. The van der Waals surface area contributed by atoms with E-state index in [1.807, 2.05) is 26.0 Å². The van der Waals surface area contributed by atoms with Gasteiger partial charge in [-0.15, -0.1) is 0 Å². The quantitative estimate of drug-likeness (QED) is 0.149. The highest BCUT2D eigenvalue weighted by Crippen LogP contribution is 2.47. The minimum atomic E-state index is -0.774. The number of hydrogen-bond acceptors (Lipinski definition) is 2. The molecule has 8 rings (SSSR count).